The lowest BCUT2D eigenvalue weighted by Gasteiger charge is -2.25. The maximum Gasteiger partial charge on any atom is 0.223 e. The van der Waals surface area contributed by atoms with Gasteiger partial charge in [0.1, 0.15) is 5.82 Å². The maximum atomic E-state index is 13.5. The minimum absolute atomic E-state index is 0.144. The van der Waals surface area contributed by atoms with Crippen molar-refractivity contribution in [1.82, 2.24) is 4.90 Å². The molecule has 0 aliphatic carbocycles. The summed E-state index contributed by atoms with van der Waals surface area (Å²) in [7, 11) is 1.59. The first-order valence-electron chi connectivity index (χ1n) is 7.34. The third-order valence-corrected chi connectivity index (χ3v) is 3.97. The van der Waals surface area contributed by atoms with E-state index in [-0.39, 0.29) is 18.1 Å². The number of hydrogen-bond donors (Lipinski definition) is 0. The Morgan fingerprint density at radius 2 is 1.74 bits per heavy atom. The number of carbonyl (C=O) groups is 1. The van der Waals surface area contributed by atoms with Gasteiger partial charge in [0.15, 0.2) is 11.6 Å². The minimum Gasteiger partial charge on any atom is -0.339 e. The molecule has 5 heteroatoms. The molecule has 2 aromatic rings. The molecule has 0 aromatic heterocycles. The molecular weight excluding hydrogens is 303 g/mol. The van der Waals surface area contributed by atoms with E-state index >= 15 is 0 Å². The zero-order valence-corrected chi connectivity index (χ0v) is 13.0. The zero-order chi connectivity index (χ0) is 17.0. The van der Waals surface area contributed by atoms with Crippen molar-refractivity contribution >= 4 is 5.91 Å². The van der Waals surface area contributed by atoms with Crippen LogP contribution >= 0.6 is 0 Å². The van der Waals surface area contributed by atoms with Crippen LogP contribution in [0.2, 0.25) is 0 Å². The van der Waals surface area contributed by atoms with E-state index < -0.39 is 17.7 Å². The average molecular weight is 321 g/mol. The van der Waals surface area contributed by atoms with E-state index in [1.54, 1.807) is 32.2 Å². The van der Waals surface area contributed by atoms with Gasteiger partial charge in [-0.3, -0.25) is 4.79 Å². The lowest BCUT2D eigenvalue weighted by atomic mass is 10.1. The monoisotopic (exact) mass is 321 g/mol. The highest BCUT2D eigenvalue weighted by atomic mass is 19.2. The Morgan fingerprint density at radius 3 is 2.39 bits per heavy atom. The number of carbonyl (C=O) groups excluding carboxylic acids is 1. The lowest BCUT2D eigenvalue weighted by molar-refractivity contribution is -0.131. The van der Waals surface area contributed by atoms with Gasteiger partial charge in [0.25, 0.3) is 0 Å². The van der Waals surface area contributed by atoms with Crippen molar-refractivity contribution in [2.24, 2.45) is 0 Å². The minimum atomic E-state index is -0.943. The summed E-state index contributed by atoms with van der Waals surface area (Å²) in [6, 6.07) is 9.48. The summed E-state index contributed by atoms with van der Waals surface area (Å²) in [6.07, 6.45) is 0.436. The van der Waals surface area contributed by atoms with Crippen LogP contribution < -0.4 is 0 Å². The highest BCUT2D eigenvalue weighted by Crippen LogP contribution is 2.22. The molecule has 0 radical (unpaired) electrons. The zero-order valence-electron chi connectivity index (χ0n) is 13.0. The number of aryl methyl sites for hydroxylation is 1. The number of rotatable bonds is 5. The lowest BCUT2D eigenvalue weighted by Crippen LogP contribution is -2.30. The Morgan fingerprint density at radius 1 is 1.04 bits per heavy atom. The molecule has 0 saturated carbocycles. The van der Waals surface area contributed by atoms with Crippen LogP contribution in [0.4, 0.5) is 13.2 Å². The van der Waals surface area contributed by atoms with Crippen LogP contribution in [0.3, 0.4) is 0 Å². The molecule has 0 saturated heterocycles. The second-order valence-electron chi connectivity index (χ2n) is 5.45. The quantitative estimate of drug-likeness (QED) is 0.806. The van der Waals surface area contributed by atoms with E-state index in [2.05, 4.69) is 0 Å². The SMILES string of the molecule is CC(c1ccc(F)c(F)c1)N(C)C(=O)CCc1ccccc1F. The molecule has 1 unspecified atom stereocenters. The van der Waals surface area contributed by atoms with Crippen molar-refractivity contribution < 1.29 is 18.0 Å². The van der Waals surface area contributed by atoms with Crippen LogP contribution in [-0.4, -0.2) is 17.9 Å². The maximum absolute atomic E-state index is 13.5. The highest BCUT2D eigenvalue weighted by molar-refractivity contribution is 5.76. The van der Waals surface area contributed by atoms with E-state index in [0.717, 1.165) is 12.1 Å². The topological polar surface area (TPSA) is 20.3 Å². The summed E-state index contributed by atoms with van der Waals surface area (Å²) in [4.78, 5) is 13.7. The van der Waals surface area contributed by atoms with Crippen LogP contribution in [0.5, 0.6) is 0 Å². The first kappa shape index (κ1) is 17.1. The Balaban J connectivity index is 2.01. The smallest absolute Gasteiger partial charge is 0.223 e. The average Bonchev–Trinajstić information content (AvgIpc) is 2.55. The summed E-state index contributed by atoms with van der Waals surface area (Å²) in [5, 5.41) is 0. The second kappa shape index (κ2) is 7.31. The predicted octanol–water partition coefficient (Wildman–Crippen LogP) is 4.26. The van der Waals surface area contributed by atoms with Gasteiger partial charge in [-0.15, -0.1) is 0 Å². The number of nitrogens with zero attached hydrogens (tertiary/aromatic N) is 1. The summed E-state index contributed by atoms with van der Waals surface area (Å²) >= 11 is 0. The van der Waals surface area contributed by atoms with E-state index in [1.807, 2.05) is 0 Å². The van der Waals surface area contributed by atoms with Crippen LogP contribution in [0, 0.1) is 17.5 Å². The number of benzene rings is 2. The molecule has 1 atom stereocenters. The van der Waals surface area contributed by atoms with Gasteiger partial charge in [-0.05, 0) is 42.7 Å². The van der Waals surface area contributed by atoms with Crippen molar-refractivity contribution in [2.45, 2.75) is 25.8 Å². The van der Waals surface area contributed by atoms with Gasteiger partial charge in [-0.25, -0.2) is 13.2 Å². The molecule has 122 valence electrons. The number of hydrogen-bond acceptors (Lipinski definition) is 1. The Bertz CT molecular complexity index is 702. The second-order valence-corrected chi connectivity index (χ2v) is 5.45. The molecule has 2 aromatic carbocycles. The van der Waals surface area contributed by atoms with Gasteiger partial charge in [-0.1, -0.05) is 24.3 Å². The van der Waals surface area contributed by atoms with Crippen LogP contribution in [0.15, 0.2) is 42.5 Å². The summed E-state index contributed by atoms with van der Waals surface area (Å²) in [5.41, 5.74) is 0.986. The molecular formula is C18H18F3NO. The van der Waals surface area contributed by atoms with Gasteiger partial charge in [0.2, 0.25) is 5.91 Å². The normalized spacial score (nSPS) is 12.0. The van der Waals surface area contributed by atoms with Gasteiger partial charge in [-0.2, -0.15) is 0 Å². The molecule has 0 bridgehead atoms. The fraction of sp³-hybridized carbons (Fsp3) is 0.278. The van der Waals surface area contributed by atoms with Gasteiger partial charge >= 0.3 is 0 Å². The summed E-state index contributed by atoms with van der Waals surface area (Å²) < 4.78 is 39.8. The van der Waals surface area contributed by atoms with Crippen molar-refractivity contribution in [3.8, 4) is 0 Å². The van der Waals surface area contributed by atoms with E-state index in [4.69, 9.17) is 0 Å². The third kappa shape index (κ3) is 4.12. The highest BCUT2D eigenvalue weighted by Gasteiger charge is 2.19. The Labute approximate surface area is 133 Å². The third-order valence-electron chi connectivity index (χ3n) is 3.97. The van der Waals surface area contributed by atoms with Gasteiger partial charge in [0.05, 0.1) is 6.04 Å². The molecule has 1 amide bonds. The van der Waals surface area contributed by atoms with Crippen LogP contribution in [0.25, 0.3) is 0 Å². The first-order chi connectivity index (χ1) is 10.9. The van der Waals surface area contributed by atoms with Crippen molar-refractivity contribution in [2.75, 3.05) is 7.05 Å². The van der Waals surface area contributed by atoms with Crippen LogP contribution in [-0.2, 0) is 11.2 Å². The Hall–Kier alpha value is -2.30. The van der Waals surface area contributed by atoms with E-state index in [0.29, 0.717) is 17.5 Å². The summed E-state index contributed by atoms with van der Waals surface area (Å²) in [6.45, 7) is 1.73. The fourth-order valence-corrected chi connectivity index (χ4v) is 2.33. The molecule has 0 aliphatic heterocycles. The van der Waals surface area contributed by atoms with Gasteiger partial charge < -0.3 is 4.90 Å². The molecule has 0 N–H and O–H groups in total. The molecule has 0 spiro atoms. The summed E-state index contributed by atoms with van der Waals surface area (Å²) in [5.74, 6) is -2.39. The Kier molecular flexibility index (Phi) is 5.42. The predicted molar refractivity (Wildman–Crippen MR) is 82.3 cm³/mol. The molecule has 0 aliphatic rings. The molecule has 0 fully saturated rings. The van der Waals surface area contributed by atoms with Crippen molar-refractivity contribution in [3.05, 3.63) is 71.0 Å². The van der Waals surface area contributed by atoms with Crippen molar-refractivity contribution in [1.29, 1.82) is 0 Å². The largest absolute Gasteiger partial charge is 0.339 e. The van der Waals surface area contributed by atoms with Gasteiger partial charge in [0, 0.05) is 13.5 Å². The number of amides is 1. The number of halogens is 3. The van der Waals surface area contributed by atoms with E-state index in [1.165, 1.54) is 17.0 Å². The molecule has 2 rings (SSSR count). The van der Waals surface area contributed by atoms with Crippen LogP contribution in [0.1, 0.15) is 30.5 Å². The fourth-order valence-electron chi connectivity index (χ4n) is 2.33. The molecule has 23 heavy (non-hydrogen) atoms. The first-order valence-corrected chi connectivity index (χ1v) is 7.34. The van der Waals surface area contributed by atoms with Crippen molar-refractivity contribution in [3.63, 3.8) is 0 Å². The molecule has 2 nitrogen and oxygen atoms in total. The molecule has 0 heterocycles. The standard InChI is InChI=1S/C18H18F3NO/c1-12(14-7-9-16(20)17(21)11-14)22(2)18(23)10-8-13-5-3-4-6-15(13)19/h3-7,9,11-12H,8,10H2,1-2H3. The van der Waals surface area contributed by atoms with E-state index in [9.17, 15) is 18.0 Å².